The molecule has 2 amide bonds. The fourth-order valence-electron chi connectivity index (χ4n) is 3.23. The van der Waals surface area contributed by atoms with Crippen LogP contribution in [0.4, 0.5) is 0 Å². The molecule has 2 aromatic carbocycles. The average Bonchev–Trinajstić information content (AvgIpc) is 2.62. The molecule has 0 saturated carbocycles. The molecule has 1 aliphatic heterocycles. The number of methoxy groups -OCH3 is 1. The molecule has 126 valence electrons. The van der Waals surface area contributed by atoms with Crippen molar-refractivity contribution in [3.8, 4) is 5.75 Å². The van der Waals surface area contributed by atoms with Gasteiger partial charge in [-0.15, -0.1) is 0 Å². The smallest absolute Gasteiger partial charge is 0.261 e. The van der Waals surface area contributed by atoms with Crippen LogP contribution in [-0.2, 0) is 0 Å². The second-order valence-electron chi connectivity index (χ2n) is 5.87. The van der Waals surface area contributed by atoms with Crippen LogP contribution in [0.3, 0.4) is 0 Å². The Balaban J connectivity index is 2.03. The minimum absolute atomic E-state index is 0.213. The van der Waals surface area contributed by atoms with Gasteiger partial charge in [-0.25, -0.2) is 0 Å². The Labute approximate surface area is 141 Å². The van der Waals surface area contributed by atoms with Crippen LogP contribution in [0.15, 0.2) is 30.3 Å². The zero-order valence-corrected chi connectivity index (χ0v) is 14.3. The molecule has 0 atom stereocenters. The molecule has 24 heavy (non-hydrogen) atoms. The lowest BCUT2D eigenvalue weighted by atomic mass is 9.93. The second kappa shape index (κ2) is 6.61. The number of carbonyl (C=O) groups excluding carboxylic acids is 2. The Morgan fingerprint density at radius 2 is 1.75 bits per heavy atom. The van der Waals surface area contributed by atoms with Crippen molar-refractivity contribution >= 4 is 22.6 Å². The lowest BCUT2D eigenvalue weighted by Crippen LogP contribution is -2.44. The summed E-state index contributed by atoms with van der Waals surface area (Å²) >= 11 is 0. The van der Waals surface area contributed by atoms with Crippen molar-refractivity contribution in [2.45, 2.75) is 13.8 Å². The molecule has 5 nitrogen and oxygen atoms in total. The number of likely N-dealkylation sites (N-methyl/N-ethyl adjacent to an activating group) is 1. The fraction of sp³-hybridized carbons (Fsp3) is 0.368. The van der Waals surface area contributed by atoms with E-state index >= 15 is 0 Å². The predicted molar refractivity (Wildman–Crippen MR) is 93.7 cm³/mol. The highest BCUT2D eigenvalue weighted by molar-refractivity contribution is 6.25. The van der Waals surface area contributed by atoms with Crippen LogP contribution in [0, 0.1) is 0 Å². The van der Waals surface area contributed by atoms with Gasteiger partial charge in [-0.05, 0) is 36.7 Å². The number of hydrogen-bond donors (Lipinski definition) is 0. The summed E-state index contributed by atoms with van der Waals surface area (Å²) in [6.45, 7) is 7.01. The molecule has 0 bridgehead atoms. The monoisotopic (exact) mass is 326 g/mol. The molecule has 1 heterocycles. The Bertz CT molecular complexity index is 797. The molecule has 0 fully saturated rings. The second-order valence-corrected chi connectivity index (χ2v) is 5.87. The van der Waals surface area contributed by atoms with Gasteiger partial charge >= 0.3 is 0 Å². The van der Waals surface area contributed by atoms with Crippen LogP contribution in [0.1, 0.15) is 34.6 Å². The van der Waals surface area contributed by atoms with Crippen LogP contribution in [0.2, 0.25) is 0 Å². The molecule has 0 N–H and O–H groups in total. The van der Waals surface area contributed by atoms with E-state index in [9.17, 15) is 9.59 Å². The first-order chi connectivity index (χ1) is 11.6. The van der Waals surface area contributed by atoms with Gasteiger partial charge in [-0.3, -0.25) is 14.5 Å². The van der Waals surface area contributed by atoms with E-state index in [0.29, 0.717) is 30.0 Å². The highest BCUT2D eigenvalue weighted by atomic mass is 16.5. The molecular formula is C19H22N2O3. The fourth-order valence-corrected chi connectivity index (χ4v) is 3.23. The zero-order valence-electron chi connectivity index (χ0n) is 14.3. The molecule has 5 heteroatoms. The highest BCUT2D eigenvalue weighted by Crippen LogP contribution is 2.33. The summed E-state index contributed by atoms with van der Waals surface area (Å²) in [7, 11) is 1.58. The molecule has 2 aromatic rings. The number of imide groups is 1. The van der Waals surface area contributed by atoms with E-state index < -0.39 is 0 Å². The van der Waals surface area contributed by atoms with Crippen molar-refractivity contribution in [1.29, 1.82) is 0 Å². The number of amides is 2. The van der Waals surface area contributed by atoms with Crippen LogP contribution in [0.25, 0.3) is 10.8 Å². The third kappa shape index (κ3) is 2.65. The Morgan fingerprint density at radius 3 is 2.42 bits per heavy atom. The number of carbonyl (C=O) groups is 2. The number of benzene rings is 2. The van der Waals surface area contributed by atoms with Crippen LogP contribution in [0.5, 0.6) is 5.75 Å². The summed E-state index contributed by atoms with van der Waals surface area (Å²) in [5.41, 5.74) is 1.13. The van der Waals surface area contributed by atoms with Gasteiger partial charge in [0.1, 0.15) is 5.75 Å². The minimum atomic E-state index is -0.241. The van der Waals surface area contributed by atoms with Gasteiger partial charge in [-0.2, -0.15) is 0 Å². The van der Waals surface area contributed by atoms with E-state index in [1.165, 1.54) is 4.90 Å². The average molecular weight is 326 g/mol. The first-order valence-electron chi connectivity index (χ1n) is 8.30. The van der Waals surface area contributed by atoms with Crippen molar-refractivity contribution in [3.63, 3.8) is 0 Å². The summed E-state index contributed by atoms with van der Waals surface area (Å²) in [6.07, 6.45) is 0. The lowest BCUT2D eigenvalue weighted by Gasteiger charge is -2.29. The van der Waals surface area contributed by atoms with E-state index in [0.717, 1.165) is 23.9 Å². The minimum Gasteiger partial charge on any atom is -0.497 e. The molecule has 0 aromatic heterocycles. The topological polar surface area (TPSA) is 49.9 Å². The zero-order chi connectivity index (χ0) is 17.3. The number of rotatable bonds is 6. The normalized spacial score (nSPS) is 13.9. The van der Waals surface area contributed by atoms with Crippen molar-refractivity contribution in [2.75, 3.05) is 33.3 Å². The largest absolute Gasteiger partial charge is 0.497 e. The van der Waals surface area contributed by atoms with Crippen LogP contribution >= 0.6 is 0 Å². The molecule has 0 saturated heterocycles. The summed E-state index contributed by atoms with van der Waals surface area (Å²) in [5, 5.41) is 1.58. The molecule has 1 aliphatic rings. The molecule has 0 aliphatic carbocycles. The van der Waals surface area contributed by atoms with Gasteiger partial charge in [-0.1, -0.05) is 26.0 Å². The maximum atomic E-state index is 12.9. The van der Waals surface area contributed by atoms with Crippen molar-refractivity contribution in [2.24, 2.45) is 0 Å². The number of nitrogens with zero attached hydrogens (tertiary/aromatic N) is 2. The maximum Gasteiger partial charge on any atom is 0.261 e. The Morgan fingerprint density at radius 1 is 1.04 bits per heavy atom. The number of hydrogen-bond acceptors (Lipinski definition) is 4. The van der Waals surface area contributed by atoms with Crippen LogP contribution < -0.4 is 4.74 Å². The van der Waals surface area contributed by atoms with Crippen molar-refractivity contribution < 1.29 is 14.3 Å². The first kappa shape index (κ1) is 16.5. The Kier molecular flexibility index (Phi) is 4.53. The molecule has 0 radical (unpaired) electrons. The summed E-state index contributed by atoms with van der Waals surface area (Å²) < 4.78 is 5.31. The third-order valence-electron chi connectivity index (χ3n) is 4.67. The molecule has 3 rings (SSSR count). The maximum absolute atomic E-state index is 12.9. The third-order valence-corrected chi connectivity index (χ3v) is 4.67. The Hall–Kier alpha value is -2.40. The summed E-state index contributed by atoms with van der Waals surface area (Å²) in [5.74, 6) is 0.172. The van der Waals surface area contributed by atoms with E-state index in [1.807, 2.05) is 18.2 Å². The highest BCUT2D eigenvalue weighted by Gasteiger charge is 2.33. The van der Waals surface area contributed by atoms with Gasteiger partial charge < -0.3 is 9.64 Å². The molecule has 0 unspecified atom stereocenters. The SMILES string of the molecule is CCN(CC)CCN1C(=O)c2cccc3cc(OC)cc(c23)C1=O. The standard InChI is InChI=1S/C19H22N2O3/c1-4-20(5-2)9-10-21-18(22)15-8-6-7-13-11-14(24-3)12-16(17(13)15)19(21)23/h6-8,11-12H,4-5,9-10H2,1-3H3. The van der Waals surface area contributed by atoms with Crippen LogP contribution in [-0.4, -0.2) is 54.9 Å². The predicted octanol–water partition coefficient (Wildman–Crippen LogP) is 2.79. The first-order valence-corrected chi connectivity index (χ1v) is 8.30. The van der Waals surface area contributed by atoms with Crippen molar-refractivity contribution in [1.82, 2.24) is 9.80 Å². The number of ether oxygens (including phenoxy) is 1. The van der Waals surface area contributed by atoms with E-state index in [-0.39, 0.29) is 11.8 Å². The van der Waals surface area contributed by atoms with Gasteiger partial charge in [0.2, 0.25) is 0 Å². The van der Waals surface area contributed by atoms with Gasteiger partial charge in [0, 0.05) is 24.0 Å². The summed E-state index contributed by atoms with van der Waals surface area (Å²) in [4.78, 5) is 29.3. The van der Waals surface area contributed by atoms with Gasteiger partial charge in [0.15, 0.2) is 0 Å². The van der Waals surface area contributed by atoms with E-state index in [2.05, 4.69) is 18.7 Å². The quantitative estimate of drug-likeness (QED) is 0.766. The van der Waals surface area contributed by atoms with E-state index in [4.69, 9.17) is 4.74 Å². The lowest BCUT2D eigenvalue weighted by molar-refractivity contribution is 0.0594. The molecule has 0 spiro atoms. The van der Waals surface area contributed by atoms with Crippen molar-refractivity contribution in [3.05, 3.63) is 41.5 Å². The summed E-state index contributed by atoms with van der Waals surface area (Å²) in [6, 6.07) is 9.12. The van der Waals surface area contributed by atoms with Gasteiger partial charge in [0.25, 0.3) is 11.8 Å². The van der Waals surface area contributed by atoms with Gasteiger partial charge in [0.05, 0.1) is 12.7 Å². The van der Waals surface area contributed by atoms with E-state index in [1.54, 1.807) is 19.2 Å². The molecular weight excluding hydrogens is 304 g/mol.